The molecule has 0 atom stereocenters. The summed E-state index contributed by atoms with van der Waals surface area (Å²) >= 11 is 0. The maximum atomic E-state index is 11.1. The first-order valence-corrected chi connectivity index (χ1v) is 5.42. The monoisotopic (exact) mass is 245 g/mol. The number of aliphatic imine (C=N–C) groups is 1. The summed E-state index contributed by atoms with van der Waals surface area (Å²) in [4.78, 5) is 15.1. The van der Waals surface area contributed by atoms with E-state index in [2.05, 4.69) is 9.73 Å². The lowest BCUT2D eigenvalue weighted by Gasteiger charge is -1.96. The van der Waals surface area contributed by atoms with Gasteiger partial charge in [0.2, 0.25) is 0 Å². The number of aliphatic hydroxyl groups excluding tert-OH is 1. The highest BCUT2D eigenvalue weighted by atomic mass is 16.5. The molecule has 0 heterocycles. The minimum absolute atomic E-state index is 0.0191. The third-order valence-corrected chi connectivity index (χ3v) is 2.11. The van der Waals surface area contributed by atoms with Gasteiger partial charge in [0, 0.05) is 6.21 Å². The number of hydrogen-bond donors (Lipinski definition) is 1. The Morgan fingerprint density at radius 2 is 2.11 bits per heavy atom. The summed E-state index contributed by atoms with van der Waals surface area (Å²) in [5.74, 6) is -0.617. The van der Waals surface area contributed by atoms with Gasteiger partial charge in [-0.15, -0.1) is 0 Å². The van der Waals surface area contributed by atoms with Gasteiger partial charge in [0.05, 0.1) is 19.9 Å². The average molecular weight is 245 g/mol. The fraction of sp³-hybridized carbons (Fsp3) is 0.143. The van der Waals surface area contributed by atoms with E-state index in [9.17, 15) is 4.79 Å². The molecule has 1 aromatic carbocycles. The Morgan fingerprint density at radius 1 is 1.39 bits per heavy atom. The van der Waals surface area contributed by atoms with Crippen molar-refractivity contribution < 1.29 is 14.6 Å². The summed E-state index contributed by atoms with van der Waals surface area (Å²) in [6.45, 7) is 0.420. The summed E-state index contributed by atoms with van der Waals surface area (Å²) in [5.41, 5.74) is 1.10. The van der Waals surface area contributed by atoms with Crippen molar-refractivity contribution in [1.29, 1.82) is 0 Å². The first-order chi connectivity index (χ1) is 8.77. The molecule has 0 spiro atoms. The number of hydrogen-bond acceptors (Lipinski definition) is 4. The van der Waals surface area contributed by atoms with E-state index in [1.165, 1.54) is 13.3 Å². The third-order valence-electron chi connectivity index (χ3n) is 2.11. The zero-order valence-corrected chi connectivity index (χ0v) is 10.1. The molecule has 0 aromatic heterocycles. The summed E-state index contributed by atoms with van der Waals surface area (Å²) in [6, 6.07) is 9.81. The van der Waals surface area contributed by atoms with Crippen LogP contribution in [0.25, 0.3) is 6.08 Å². The number of methoxy groups -OCH3 is 1. The Hall–Kier alpha value is -2.36. The molecule has 0 radical (unpaired) electrons. The normalized spacial score (nSPS) is 12.2. The van der Waals surface area contributed by atoms with E-state index in [0.29, 0.717) is 12.8 Å². The number of carbonyl (C=O) groups excluding carboxylic acids is 1. The van der Waals surface area contributed by atoms with Crippen LogP contribution in [0, 0.1) is 0 Å². The van der Waals surface area contributed by atoms with Crippen LogP contribution < -0.4 is 0 Å². The second-order valence-electron chi connectivity index (χ2n) is 3.38. The molecule has 0 amide bonds. The van der Waals surface area contributed by atoms with E-state index >= 15 is 0 Å². The molecule has 0 aliphatic heterocycles. The van der Waals surface area contributed by atoms with Crippen molar-refractivity contribution in [2.45, 2.75) is 0 Å². The van der Waals surface area contributed by atoms with Crippen molar-refractivity contribution in [3.8, 4) is 0 Å². The standard InChI is InChI=1S/C14H15NO3/c1-18-14(17)13(11-16)10-15-9-5-8-12-6-3-2-4-7-12/h2-8,10-11,16H,9H2,1H3/b8-5+,13-11+,15-10?. The number of aliphatic hydroxyl groups is 1. The van der Waals surface area contributed by atoms with Gasteiger partial charge in [0.1, 0.15) is 5.57 Å². The smallest absolute Gasteiger partial charge is 0.342 e. The topological polar surface area (TPSA) is 58.9 Å². The van der Waals surface area contributed by atoms with Crippen LogP contribution >= 0.6 is 0 Å². The third kappa shape index (κ3) is 4.65. The summed E-state index contributed by atoms with van der Waals surface area (Å²) in [5, 5.41) is 8.79. The molecule has 1 N–H and O–H groups in total. The van der Waals surface area contributed by atoms with Crippen molar-refractivity contribution >= 4 is 18.3 Å². The molecule has 1 rings (SSSR count). The largest absolute Gasteiger partial charge is 0.515 e. The van der Waals surface area contributed by atoms with E-state index in [4.69, 9.17) is 5.11 Å². The highest BCUT2D eigenvalue weighted by Crippen LogP contribution is 2.00. The van der Waals surface area contributed by atoms with Crippen molar-refractivity contribution in [2.24, 2.45) is 4.99 Å². The Balaban J connectivity index is 2.46. The SMILES string of the molecule is COC(=O)/C(C=NC/C=C/c1ccccc1)=C/O. The molecule has 4 heteroatoms. The highest BCUT2D eigenvalue weighted by molar-refractivity contribution is 6.09. The van der Waals surface area contributed by atoms with Crippen molar-refractivity contribution in [3.63, 3.8) is 0 Å². The molecule has 0 saturated carbocycles. The Kier molecular flexibility index (Phi) is 5.97. The molecule has 0 unspecified atom stereocenters. The fourth-order valence-corrected chi connectivity index (χ4v) is 1.22. The van der Waals surface area contributed by atoms with Crippen molar-refractivity contribution in [2.75, 3.05) is 13.7 Å². The van der Waals surface area contributed by atoms with E-state index in [1.807, 2.05) is 42.5 Å². The summed E-state index contributed by atoms with van der Waals surface area (Å²) < 4.78 is 4.45. The van der Waals surface area contributed by atoms with Crippen molar-refractivity contribution in [3.05, 3.63) is 53.8 Å². The predicted molar refractivity (Wildman–Crippen MR) is 71.6 cm³/mol. The highest BCUT2D eigenvalue weighted by Gasteiger charge is 2.05. The number of nitrogens with zero attached hydrogens (tertiary/aromatic N) is 1. The molecule has 4 nitrogen and oxygen atoms in total. The Morgan fingerprint density at radius 3 is 2.72 bits per heavy atom. The van der Waals surface area contributed by atoms with E-state index < -0.39 is 5.97 Å². The van der Waals surface area contributed by atoms with Crippen LogP contribution in [0.5, 0.6) is 0 Å². The van der Waals surface area contributed by atoms with E-state index in [1.54, 1.807) is 0 Å². The van der Waals surface area contributed by atoms with Gasteiger partial charge < -0.3 is 9.84 Å². The van der Waals surface area contributed by atoms with Gasteiger partial charge in [0.25, 0.3) is 0 Å². The second-order valence-corrected chi connectivity index (χ2v) is 3.38. The number of esters is 1. The summed E-state index contributed by atoms with van der Waals surface area (Å²) in [7, 11) is 1.25. The first-order valence-electron chi connectivity index (χ1n) is 5.42. The van der Waals surface area contributed by atoms with Gasteiger partial charge in [0.15, 0.2) is 0 Å². The molecule has 1 aromatic rings. The lowest BCUT2D eigenvalue weighted by Crippen LogP contribution is -2.05. The minimum atomic E-state index is -0.617. The molecule has 0 bridgehead atoms. The van der Waals surface area contributed by atoms with Gasteiger partial charge in [-0.05, 0) is 5.56 Å². The van der Waals surface area contributed by atoms with Crippen LogP contribution in [-0.4, -0.2) is 30.9 Å². The van der Waals surface area contributed by atoms with Crippen molar-refractivity contribution in [1.82, 2.24) is 0 Å². The number of rotatable bonds is 5. The van der Waals surface area contributed by atoms with Gasteiger partial charge in [-0.2, -0.15) is 0 Å². The summed E-state index contributed by atoms with van der Waals surface area (Å²) in [6.07, 6.45) is 5.74. The minimum Gasteiger partial charge on any atom is -0.515 e. The lowest BCUT2D eigenvalue weighted by molar-refractivity contribution is -0.135. The van der Waals surface area contributed by atoms with Crippen LogP contribution in [0.15, 0.2) is 53.2 Å². The number of ether oxygens (including phenoxy) is 1. The van der Waals surface area contributed by atoms with Crippen LogP contribution in [0.3, 0.4) is 0 Å². The number of benzene rings is 1. The Labute approximate surface area is 106 Å². The lowest BCUT2D eigenvalue weighted by atomic mass is 10.2. The predicted octanol–water partition coefficient (Wildman–Crippen LogP) is 2.39. The molecule has 18 heavy (non-hydrogen) atoms. The quantitative estimate of drug-likeness (QED) is 0.375. The van der Waals surface area contributed by atoms with Crippen LogP contribution in [0.1, 0.15) is 5.56 Å². The molecular weight excluding hydrogens is 230 g/mol. The Bertz CT molecular complexity index is 461. The maximum absolute atomic E-state index is 11.1. The maximum Gasteiger partial charge on any atom is 0.342 e. The number of carbonyl (C=O) groups is 1. The van der Waals surface area contributed by atoms with Crippen LogP contribution in [0.2, 0.25) is 0 Å². The average Bonchev–Trinajstić information content (AvgIpc) is 2.43. The molecule has 0 aliphatic carbocycles. The van der Waals surface area contributed by atoms with Crippen LogP contribution in [-0.2, 0) is 9.53 Å². The van der Waals surface area contributed by atoms with Gasteiger partial charge in [-0.3, -0.25) is 4.99 Å². The molecule has 0 aliphatic rings. The molecule has 94 valence electrons. The van der Waals surface area contributed by atoms with E-state index in [0.717, 1.165) is 5.56 Å². The van der Waals surface area contributed by atoms with E-state index in [-0.39, 0.29) is 5.57 Å². The molecule has 0 fully saturated rings. The second kappa shape index (κ2) is 7.84. The zero-order valence-electron chi connectivity index (χ0n) is 10.1. The van der Waals surface area contributed by atoms with Crippen LogP contribution in [0.4, 0.5) is 0 Å². The molecular formula is C14H15NO3. The van der Waals surface area contributed by atoms with Gasteiger partial charge in [-0.25, -0.2) is 4.79 Å². The first kappa shape index (κ1) is 13.7. The molecule has 0 saturated heterocycles. The fourth-order valence-electron chi connectivity index (χ4n) is 1.22. The van der Waals surface area contributed by atoms with Gasteiger partial charge >= 0.3 is 5.97 Å². The zero-order chi connectivity index (χ0) is 13.2. The van der Waals surface area contributed by atoms with Gasteiger partial charge in [-0.1, -0.05) is 42.5 Å².